The molecule has 0 aromatic carbocycles. The summed E-state index contributed by atoms with van der Waals surface area (Å²) in [5, 5.41) is 3.62. The van der Waals surface area contributed by atoms with E-state index in [9.17, 15) is 0 Å². The van der Waals surface area contributed by atoms with E-state index in [0.29, 0.717) is 18.2 Å². The fourth-order valence-corrected chi connectivity index (χ4v) is 2.68. The molecule has 3 heteroatoms. The smallest absolute Gasteiger partial charge is 0.0858 e. The summed E-state index contributed by atoms with van der Waals surface area (Å²) in [7, 11) is 0. The molecule has 16 heavy (non-hydrogen) atoms. The minimum Gasteiger partial charge on any atom is -0.374 e. The normalized spacial score (nSPS) is 29.6. The molecule has 1 N–H and O–H groups in total. The van der Waals surface area contributed by atoms with E-state index in [1.807, 2.05) is 0 Å². The number of nitrogens with zero attached hydrogens (tertiary/aromatic N) is 1. The molecule has 1 aliphatic carbocycles. The van der Waals surface area contributed by atoms with E-state index >= 15 is 0 Å². The number of rotatable bonds is 5. The van der Waals surface area contributed by atoms with Crippen molar-refractivity contribution in [2.24, 2.45) is 5.92 Å². The van der Waals surface area contributed by atoms with Crippen molar-refractivity contribution in [1.82, 2.24) is 10.2 Å². The van der Waals surface area contributed by atoms with Crippen molar-refractivity contribution in [2.45, 2.75) is 51.8 Å². The van der Waals surface area contributed by atoms with Gasteiger partial charge in [0.25, 0.3) is 0 Å². The Bertz CT molecular complexity index is 216. The van der Waals surface area contributed by atoms with E-state index in [2.05, 4.69) is 31.0 Å². The van der Waals surface area contributed by atoms with Gasteiger partial charge >= 0.3 is 0 Å². The summed E-state index contributed by atoms with van der Waals surface area (Å²) in [5.41, 5.74) is 0. The maximum absolute atomic E-state index is 5.97. The molecular weight excluding hydrogens is 200 g/mol. The molecule has 0 bridgehead atoms. The molecule has 1 heterocycles. The minimum atomic E-state index is 0.406. The molecule has 2 rings (SSSR count). The first-order chi connectivity index (χ1) is 7.72. The first-order valence-corrected chi connectivity index (χ1v) is 6.81. The second-order valence-corrected chi connectivity index (χ2v) is 5.42. The van der Waals surface area contributed by atoms with Gasteiger partial charge in [-0.3, -0.25) is 4.90 Å². The molecule has 0 amide bonds. The lowest BCUT2D eigenvalue weighted by atomic mass is 10.0. The highest BCUT2D eigenvalue weighted by Gasteiger charge is 2.38. The molecule has 1 saturated carbocycles. The Labute approximate surface area is 99.5 Å². The van der Waals surface area contributed by atoms with Crippen LogP contribution in [0.5, 0.6) is 0 Å². The number of nitrogens with one attached hydrogen (secondary N) is 1. The number of hydrogen-bond acceptors (Lipinski definition) is 3. The van der Waals surface area contributed by atoms with Crippen molar-refractivity contribution in [3.8, 4) is 0 Å². The van der Waals surface area contributed by atoms with Crippen molar-refractivity contribution in [3.05, 3.63) is 0 Å². The summed E-state index contributed by atoms with van der Waals surface area (Å²) in [4.78, 5) is 2.54. The first-order valence-electron chi connectivity index (χ1n) is 6.81. The van der Waals surface area contributed by atoms with Gasteiger partial charge in [0.1, 0.15) is 0 Å². The van der Waals surface area contributed by atoms with Crippen molar-refractivity contribution < 1.29 is 4.74 Å². The summed E-state index contributed by atoms with van der Waals surface area (Å²) in [6.07, 6.45) is 3.18. The number of likely N-dealkylation sites (N-methyl/N-ethyl adjacent to an activating group) is 1. The van der Waals surface area contributed by atoms with E-state index in [1.165, 1.54) is 12.8 Å². The van der Waals surface area contributed by atoms with E-state index in [-0.39, 0.29) is 0 Å². The second kappa shape index (κ2) is 5.48. The van der Waals surface area contributed by atoms with E-state index in [1.54, 1.807) is 0 Å². The lowest BCUT2D eigenvalue weighted by molar-refractivity contribution is -0.0585. The van der Waals surface area contributed by atoms with Gasteiger partial charge < -0.3 is 10.1 Å². The van der Waals surface area contributed by atoms with Crippen molar-refractivity contribution in [3.63, 3.8) is 0 Å². The Balaban J connectivity index is 1.90. The molecule has 0 spiro atoms. The number of hydrogen-bond donors (Lipinski definition) is 1. The topological polar surface area (TPSA) is 24.5 Å². The zero-order valence-electron chi connectivity index (χ0n) is 10.9. The van der Waals surface area contributed by atoms with Gasteiger partial charge in [0.05, 0.1) is 12.7 Å². The quantitative estimate of drug-likeness (QED) is 0.768. The lowest BCUT2D eigenvalue weighted by Crippen LogP contribution is -2.54. The van der Waals surface area contributed by atoms with Crippen LogP contribution in [0, 0.1) is 5.92 Å². The first kappa shape index (κ1) is 12.3. The van der Waals surface area contributed by atoms with E-state index in [0.717, 1.165) is 32.2 Å². The number of morpholine rings is 1. The largest absolute Gasteiger partial charge is 0.374 e. The van der Waals surface area contributed by atoms with E-state index in [4.69, 9.17) is 4.74 Å². The summed E-state index contributed by atoms with van der Waals surface area (Å²) in [6.45, 7) is 10.9. The predicted molar refractivity (Wildman–Crippen MR) is 66.6 cm³/mol. The average molecular weight is 226 g/mol. The molecule has 2 atom stereocenters. The molecule has 1 saturated heterocycles. The Kier molecular flexibility index (Phi) is 4.22. The lowest BCUT2D eigenvalue weighted by Gasteiger charge is -2.39. The summed E-state index contributed by atoms with van der Waals surface area (Å²) >= 11 is 0. The standard InChI is InChI=1S/C13H26N2O/c1-4-14-13(11-5-6-11)12-9-15(10(2)3)7-8-16-12/h10-14H,4-9H2,1-3H3. The zero-order valence-corrected chi connectivity index (χ0v) is 10.9. The fourth-order valence-electron chi connectivity index (χ4n) is 2.68. The Morgan fingerprint density at radius 3 is 2.69 bits per heavy atom. The summed E-state index contributed by atoms with van der Waals surface area (Å²) in [5.74, 6) is 0.872. The molecule has 0 aromatic rings. The highest BCUT2D eigenvalue weighted by molar-refractivity contribution is 4.94. The molecule has 3 nitrogen and oxygen atoms in total. The molecule has 2 unspecified atom stereocenters. The van der Waals surface area contributed by atoms with Crippen LogP contribution in [0.1, 0.15) is 33.6 Å². The zero-order chi connectivity index (χ0) is 11.5. The molecule has 0 aromatic heterocycles. The van der Waals surface area contributed by atoms with Crippen LogP contribution in [0.15, 0.2) is 0 Å². The van der Waals surface area contributed by atoms with Crippen LogP contribution in [-0.4, -0.2) is 49.3 Å². The Morgan fingerprint density at radius 2 is 2.12 bits per heavy atom. The van der Waals surface area contributed by atoms with Crippen molar-refractivity contribution in [1.29, 1.82) is 0 Å². The van der Waals surface area contributed by atoms with Crippen molar-refractivity contribution in [2.75, 3.05) is 26.2 Å². The summed E-state index contributed by atoms with van der Waals surface area (Å²) < 4.78 is 5.97. The van der Waals surface area contributed by atoms with Gasteiger partial charge in [-0.25, -0.2) is 0 Å². The third-order valence-electron chi connectivity index (χ3n) is 3.83. The highest BCUT2D eigenvalue weighted by atomic mass is 16.5. The van der Waals surface area contributed by atoms with Crippen LogP contribution >= 0.6 is 0 Å². The Hall–Kier alpha value is -0.120. The molecule has 0 radical (unpaired) electrons. The van der Waals surface area contributed by atoms with Crippen LogP contribution in [0.3, 0.4) is 0 Å². The van der Waals surface area contributed by atoms with Crippen LogP contribution in [0.25, 0.3) is 0 Å². The van der Waals surface area contributed by atoms with Gasteiger partial charge in [-0.15, -0.1) is 0 Å². The Morgan fingerprint density at radius 1 is 1.38 bits per heavy atom. The van der Waals surface area contributed by atoms with Gasteiger partial charge in [0.2, 0.25) is 0 Å². The fraction of sp³-hybridized carbons (Fsp3) is 1.00. The predicted octanol–water partition coefficient (Wildman–Crippen LogP) is 1.48. The van der Waals surface area contributed by atoms with Crippen LogP contribution in [-0.2, 0) is 4.74 Å². The van der Waals surface area contributed by atoms with Gasteiger partial charge in [-0.05, 0) is 39.2 Å². The average Bonchev–Trinajstić information content (AvgIpc) is 3.10. The maximum atomic E-state index is 5.97. The third kappa shape index (κ3) is 2.96. The third-order valence-corrected chi connectivity index (χ3v) is 3.83. The SMILES string of the molecule is CCNC(C1CC1)C1CN(C(C)C)CCO1. The van der Waals surface area contributed by atoms with Crippen LogP contribution < -0.4 is 5.32 Å². The van der Waals surface area contributed by atoms with Gasteiger partial charge in [-0.2, -0.15) is 0 Å². The van der Waals surface area contributed by atoms with E-state index < -0.39 is 0 Å². The molecule has 2 fully saturated rings. The molecular formula is C13H26N2O. The number of ether oxygens (including phenoxy) is 1. The van der Waals surface area contributed by atoms with Crippen molar-refractivity contribution >= 4 is 0 Å². The monoisotopic (exact) mass is 226 g/mol. The minimum absolute atomic E-state index is 0.406. The van der Waals surface area contributed by atoms with Gasteiger partial charge in [0.15, 0.2) is 0 Å². The molecule has 2 aliphatic rings. The van der Waals surface area contributed by atoms with Gasteiger partial charge in [0, 0.05) is 25.2 Å². The second-order valence-electron chi connectivity index (χ2n) is 5.42. The highest BCUT2D eigenvalue weighted by Crippen LogP contribution is 2.35. The molecule has 94 valence electrons. The summed E-state index contributed by atoms with van der Waals surface area (Å²) in [6, 6.07) is 1.24. The van der Waals surface area contributed by atoms with Crippen LogP contribution in [0.4, 0.5) is 0 Å². The maximum Gasteiger partial charge on any atom is 0.0858 e. The molecule has 1 aliphatic heterocycles. The van der Waals surface area contributed by atoms with Gasteiger partial charge in [-0.1, -0.05) is 6.92 Å². The van der Waals surface area contributed by atoms with Crippen LogP contribution in [0.2, 0.25) is 0 Å².